The Morgan fingerprint density at radius 2 is 2.09 bits per heavy atom. The lowest BCUT2D eigenvalue weighted by Crippen LogP contribution is -2.49. The van der Waals surface area contributed by atoms with Crippen LogP contribution < -0.4 is 5.32 Å². The molecule has 0 radical (unpaired) electrons. The van der Waals surface area contributed by atoms with Crippen LogP contribution in [-0.4, -0.2) is 66.0 Å². The quantitative estimate of drug-likeness (QED) is 0.875. The van der Waals surface area contributed by atoms with Crippen molar-refractivity contribution in [1.29, 1.82) is 0 Å². The number of piperazine rings is 1. The van der Waals surface area contributed by atoms with Gasteiger partial charge in [0.1, 0.15) is 0 Å². The summed E-state index contributed by atoms with van der Waals surface area (Å²) in [6.45, 7) is 6.22. The maximum absolute atomic E-state index is 12.2. The summed E-state index contributed by atoms with van der Waals surface area (Å²) >= 11 is 1.63. The largest absolute Gasteiger partial charge is 0.341 e. The van der Waals surface area contributed by atoms with Gasteiger partial charge in [0.25, 0.3) is 0 Å². The minimum atomic E-state index is 0. The van der Waals surface area contributed by atoms with Gasteiger partial charge in [-0.3, -0.25) is 9.69 Å². The van der Waals surface area contributed by atoms with Crippen molar-refractivity contribution < 1.29 is 4.79 Å². The summed E-state index contributed by atoms with van der Waals surface area (Å²) in [6.07, 6.45) is 4.32. The first-order valence-corrected chi connectivity index (χ1v) is 8.32. The number of hydrogen-bond acceptors (Lipinski definition) is 5. The molecule has 2 aliphatic heterocycles. The third kappa shape index (κ3) is 5.06. The molecule has 1 N–H and O–H groups in total. The van der Waals surface area contributed by atoms with Crippen LogP contribution in [-0.2, 0) is 11.2 Å². The summed E-state index contributed by atoms with van der Waals surface area (Å²) < 4.78 is 0. The minimum absolute atomic E-state index is 0. The third-order valence-corrected chi connectivity index (χ3v) is 5.06. The molecule has 8 heteroatoms. The molecule has 1 amide bonds. The van der Waals surface area contributed by atoms with Crippen molar-refractivity contribution in [2.45, 2.75) is 25.3 Å². The van der Waals surface area contributed by atoms with Gasteiger partial charge in [0, 0.05) is 69.7 Å². The van der Waals surface area contributed by atoms with E-state index in [9.17, 15) is 4.79 Å². The van der Waals surface area contributed by atoms with Gasteiger partial charge in [-0.05, 0) is 6.42 Å². The number of thiazole rings is 1. The fraction of sp³-hybridized carbons (Fsp3) is 0.714. The van der Waals surface area contributed by atoms with E-state index in [2.05, 4.69) is 15.2 Å². The van der Waals surface area contributed by atoms with Crippen molar-refractivity contribution >= 4 is 42.1 Å². The number of amides is 1. The second kappa shape index (κ2) is 9.67. The van der Waals surface area contributed by atoms with Crippen molar-refractivity contribution in [1.82, 2.24) is 20.1 Å². The number of nitrogens with one attached hydrogen (secondary N) is 1. The summed E-state index contributed by atoms with van der Waals surface area (Å²) in [5.74, 6) is 0.290. The molecule has 1 unspecified atom stereocenters. The summed E-state index contributed by atoms with van der Waals surface area (Å²) in [7, 11) is 0. The van der Waals surface area contributed by atoms with Gasteiger partial charge in [-0.15, -0.1) is 36.2 Å². The monoisotopic (exact) mass is 366 g/mol. The van der Waals surface area contributed by atoms with E-state index in [-0.39, 0.29) is 30.7 Å². The lowest BCUT2D eigenvalue weighted by atomic mass is 10.2. The Morgan fingerprint density at radius 1 is 1.32 bits per heavy atom. The molecule has 1 aromatic heterocycles. The number of likely N-dealkylation sites (tertiary alicyclic amines) is 1. The standard InChI is InChI=1S/C14H22N4OS.2ClH/c19-14(2-1-13-16-6-10-20-13)18-7-3-12(11-18)17-8-4-15-5-9-17;;/h6,10,12,15H,1-5,7-9,11H2;2*1H. The van der Waals surface area contributed by atoms with E-state index in [1.807, 2.05) is 10.3 Å². The van der Waals surface area contributed by atoms with Gasteiger partial charge in [0.05, 0.1) is 5.01 Å². The zero-order chi connectivity index (χ0) is 13.8. The second-order valence-electron chi connectivity index (χ2n) is 5.49. The van der Waals surface area contributed by atoms with E-state index in [4.69, 9.17) is 0 Å². The first-order chi connectivity index (χ1) is 9.83. The molecule has 0 bridgehead atoms. The molecule has 2 aliphatic rings. The van der Waals surface area contributed by atoms with E-state index >= 15 is 0 Å². The highest BCUT2D eigenvalue weighted by atomic mass is 35.5. The molecule has 5 nitrogen and oxygen atoms in total. The molecular weight excluding hydrogens is 343 g/mol. The number of carbonyl (C=O) groups excluding carboxylic acids is 1. The summed E-state index contributed by atoms with van der Waals surface area (Å²) in [6, 6.07) is 0.570. The van der Waals surface area contributed by atoms with E-state index in [0.717, 1.165) is 57.1 Å². The number of carbonyl (C=O) groups is 1. The van der Waals surface area contributed by atoms with Crippen LogP contribution in [0.2, 0.25) is 0 Å². The Balaban J connectivity index is 0.00000121. The molecule has 0 aromatic carbocycles. The molecule has 0 saturated carbocycles. The van der Waals surface area contributed by atoms with Gasteiger partial charge in [-0.25, -0.2) is 4.98 Å². The Labute approximate surface area is 148 Å². The fourth-order valence-corrected chi connectivity index (χ4v) is 3.68. The van der Waals surface area contributed by atoms with Crippen LogP contribution in [0.3, 0.4) is 0 Å². The molecular formula is C14H24Cl2N4OS. The van der Waals surface area contributed by atoms with Crippen LogP contribution in [0, 0.1) is 0 Å². The van der Waals surface area contributed by atoms with Gasteiger partial charge in [0.15, 0.2) is 0 Å². The molecule has 3 heterocycles. The van der Waals surface area contributed by atoms with Crippen LogP contribution in [0.25, 0.3) is 0 Å². The minimum Gasteiger partial charge on any atom is -0.341 e. The van der Waals surface area contributed by atoms with Crippen LogP contribution in [0.4, 0.5) is 0 Å². The molecule has 126 valence electrons. The molecule has 2 fully saturated rings. The first kappa shape index (κ1) is 19.6. The van der Waals surface area contributed by atoms with Crippen LogP contribution >= 0.6 is 36.2 Å². The number of hydrogen-bond donors (Lipinski definition) is 1. The lowest BCUT2D eigenvalue weighted by molar-refractivity contribution is -0.130. The highest BCUT2D eigenvalue weighted by Crippen LogP contribution is 2.18. The molecule has 2 saturated heterocycles. The van der Waals surface area contributed by atoms with Crippen LogP contribution in [0.5, 0.6) is 0 Å². The topological polar surface area (TPSA) is 48.5 Å². The van der Waals surface area contributed by atoms with Gasteiger partial charge < -0.3 is 10.2 Å². The smallest absolute Gasteiger partial charge is 0.223 e. The Morgan fingerprint density at radius 3 is 2.77 bits per heavy atom. The third-order valence-electron chi connectivity index (χ3n) is 4.22. The number of aromatic nitrogens is 1. The molecule has 1 atom stereocenters. The van der Waals surface area contributed by atoms with E-state index in [1.165, 1.54) is 0 Å². The average Bonchev–Trinajstić information content (AvgIpc) is 3.17. The Kier molecular flexibility index (Phi) is 8.64. The number of aryl methyl sites for hydroxylation is 1. The average molecular weight is 367 g/mol. The van der Waals surface area contributed by atoms with Crippen molar-refractivity contribution in [3.8, 4) is 0 Å². The van der Waals surface area contributed by atoms with Crippen LogP contribution in [0.15, 0.2) is 11.6 Å². The van der Waals surface area contributed by atoms with Crippen molar-refractivity contribution in [3.63, 3.8) is 0 Å². The van der Waals surface area contributed by atoms with E-state index < -0.39 is 0 Å². The van der Waals surface area contributed by atoms with Crippen molar-refractivity contribution in [2.24, 2.45) is 0 Å². The summed E-state index contributed by atoms with van der Waals surface area (Å²) in [5.41, 5.74) is 0. The van der Waals surface area contributed by atoms with Gasteiger partial charge in [0.2, 0.25) is 5.91 Å². The predicted molar refractivity (Wildman–Crippen MR) is 94.4 cm³/mol. The van der Waals surface area contributed by atoms with Crippen LogP contribution in [0.1, 0.15) is 17.8 Å². The fourth-order valence-electron chi connectivity index (χ4n) is 3.06. The van der Waals surface area contributed by atoms with Gasteiger partial charge >= 0.3 is 0 Å². The molecule has 22 heavy (non-hydrogen) atoms. The van der Waals surface area contributed by atoms with Gasteiger partial charge in [-0.2, -0.15) is 0 Å². The molecule has 1 aromatic rings. The zero-order valence-electron chi connectivity index (χ0n) is 12.6. The lowest BCUT2D eigenvalue weighted by Gasteiger charge is -2.32. The number of halogens is 2. The molecule has 0 aliphatic carbocycles. The predicted octanol–water partition coefficient (Wildman–Crippen LogP) is 1.43. The first-order valence-electron chi connectivity index (χ1n) is 7.44. The Bertz CT molecular complexity index is 440. The maximum Gasteiger partial charge on any atom is 0.223 e. The molecule has 3 rings (SSSR count). The number of nitrogens with zero attached hydrogens (tertiary/aromatic N) is 3. The molecule has 0 spiro atoms. The van der Waals surface area contributed by atoms with E-state index in [0.29, 0.717) is 12.5 Å². The SMILES string of the molecule is Cl.Cl.O=C(CCc1nccs1)N1CCC(N2CCNCC2)C1. The highest BCUT2D eigenvalue weighted by Gasteiger charge is 2.30. The summed E-state index contributed by atoms with van der Waals surface area (Å²) in [5, 5.41) is 6.41. The second-order valence-corrected chi connectivity index (χ2v) is 6.47. The normalized spacial score (nSPS) is 22.0. The van der Waals surface area contributed by atoms with Crippen molar-refractivity contribution in [3.05, 3.63) is 16.6 Å². The Hall–Kier alpha value is -0.400. The number of rotatable bonds is 4. The van der Waals surface area contributed by atoms with E-state index in [1.54, 1.807) is 17.5 Å². The highest BCUT2D eigenvalue weighted by molar-refractivity contribution is 7.09. The summed E-state index contributed by atoms with van der Waals surface area (Å²) in [4.78, 5) is 21.1. The maximum atomic E-state index is 12.2. The zero-order valence-corrected chi connectivity index (χ0v) is 15.0. The van der Waals surface area contributed by atoms with Gasteiger partial charge in [-0.1, -0.05) is 0 Å². The van der Waals surface area contributed by atoms with Crippen molar-refractivity contribution in [2.75, 3.05) is 39.3 Å².